The van der Waals surface area contributed by atoms with Crippen LogP contribution in [-0.2, 0) is 6.42 Å². The summed E-state index contributed by atoms with van der Waals surface area (Å²) in [5.41, 5.74) is 0.345. The predicted octanol–water partition coefficient (Wildman–Crippen LogP) is 1.74. The van der Waals surface area contributed by atoms with Crippen molar-refractivity contribution >= 4 is 29.1 Å². The SMILES string of the molecule is O=C(NCCc1ncon1)c1cnc(Cl)c(Cl)c1. The summed E-state index contributed by atoms with van der Waals surface area (Å²) in [5.74, 6) is 0.243. The summed E-state index contributed by atoms with van der Waals surface area (Å²) >= 11 is 11.4. The van der Waals surface area contributed by atoms with Crippen molar-refractivity contribution in [1.29, 1.82) is 0 Å². The van der Waals surface area contributed by atoms with Gasteiger partial charge in [0.1, 0.15) is 5.15 Å². The monoisotopic (exact) mass is 286 g/mol. The van der Waals surface area contributed by atoms with Crippen molar-refractivity contribution in [2.45, 2.75) is 6.42 Å². The van der Waals surface area contributed by atoms with E-state index in [9.17, 15) is 4.79 Å². The quantitative estimate of drug-likeness (QED) is 0.866. The maximum Gasteiger partial charge on any atom is 0.252 e. The first-order chi connectivity index (χ1) is 8.66. The summed E-state index contributed by atoms with van der Waals surface area (Å²) in [6, 6.07) is 1.46. The lowest BCUT2D eigenvalue weighted by Crippen LogP contribution is -2.26. The second-order valence-corrected chi connectivity index (χ2v) is 4.12. The van der Waals surface area contributed by atoms with Crippen molar-refractivity contribution in [3.05, 3.63) is 40.2 Å². The highest BCUT2D eigenvalue weighted by Crippen LogP contribution is 2.19. The van der Waals surface area contributed by atoms with E-state index in [4.69, 9.17) is 23.2 Å². The van der Waals surface area contributed by atoms with E-state index in [0.29, 0.717) is 24.4 Å². The fourth-order valence-electron chi connectivity index (χ4n) is 1.24. The molecule has 0 saturated heterocycles. The van der Waals surface area contributed by atoms with Crippen LogP contribution in [0.4, 0.5) is 0 Å². The van der Waals surface area contributed by atoms with Gasteiger partial charge in [0.25, 0.3) is 5.91 Å². The van der Waals surface area contributed by atoms with Crippen LogP contribution in [0.2, 0.25) is 10.2 Å². The Labute approximate surface area is 112 Å². The van der Waals surface area contributed by atoms with Crippen LogP contribution in [-0.4, -0.2) is 27.6 Å². The third-order valence-corrected chi connectivity index (χ3v) is 2.79. The van der Waals surface area contributed by atoms with Gasteiger partial charge >= 0.3 is 0 Å². The molecule has 94 valence electrons. The molecule has 8 heteroatoms. The lowest BCUT2D eigenvalue weighted by atomic mass is 10.2. The standard InChI is InChI=1S/C10H8Cl2N4O2/c11-7-3-6(4-14-9(7)12)10(17)13-2-1-8-15-5-18-16-8/h3-5H,1-2H2,(H,13,17). The molecule has 0 unspecified atom stereocenters. The van der Waals surface area contributed by atoms with Crippen LogP contribution in [0.3, 0.4) is 0 Å². The van der Waals surface area contributed by atoms with Crippen molar-refractivity contribution in [1.82, 2.24) is 20.4 Å². The summed E-state index contributed by atoms with van der Waals surface area (Å²) in [5, 5.41) is 6.71. The first-order valence-corrected chi connectivity index (χ1v) is 5.77. The van der Waals surface area contributed by atoms with E-state index in [1.807, 2.05) is 0 Å². The van der Waals surface area contributed by atoms with Gasteiger partial charge in [0, 0.05) is 19.2 Å². The maximum absolute atomic E-state index is 11.7. The number of hydrogen-bond donors (Lipinski definition) is 1. The van der Waals surface area contributed by atoms with Gasteiger partial charge in [0.15, 0.2) is 5.82 Å². The van der Waals surface area contributed by atoms with Crippen LogP contribution in [0.1, 0.15) is 16.2 Å². The lowest BCUT2D eigenvalue weighted by molar-refractivity contribution is 0.0953. The molecule has 0 aromatic carbocycles. The van der Waals surface area contributed by atoms with Gasteiger partial charge in [-0.3, -0.25) is 4.79 Å². The second-order valence-electron chi connectivity index (χ2n) is 3.35. The molecule has 0 aliphatic rings. The van der Waals surface area contributed by atoms with Gasteiger partial charge < -0.3 is 9.84 Å². The number of rotatable bonds is 4. The van der Waals surface area contributed by atoms with Crippen molar-refractivity contribution in [3.63, 3.8) is 0 Å². The molecule has 0 atom stereocenters. The van der Waals surface area contributed by atoms with Crippen molar-refractivity contribution in [3.8, 4) is 0 Å². The summed E-state index contributed by atoms with van der Waals surface area (Å²) < 4.78 is 4.57. The third-order valence-electron chi connectivity index (χ3n) is 2.10. The number of aromatic nitrogens is 3. The number of amides is 1. The molecule has 2 aromatic rings. The number of halogens is 2. The molecule has 2 aromatic heterocycles. The fraction of sp³-hybridized carbons (Fsp3) is 0.200. The van der Waals surface area contributed by atoms with Gasteiger partial charge in [0.05, 0.1) is 10.6 Å². The topological polar surface area (TPSA) is 80.9 Å². The number of hydrogen-bond acceptors (Lipinski definition) is 5. The molecular formula is C10H8Cl2N4O2. The Morgan fingerprint density at radius 2 is 2.22 bits per heavy atom. The average Bonchev–Trinajstić information content (AvgIpc) is 2.85. The Bertz CT molecular complexity index is 545. The highest BCUT2D eigenvalue weighted by Gasteiger charge is 2.09. The molecule has 0 aliphatic heterocycles. The minimum absolute atomic E-state index is 0.167. The lowest BCUT2D eigenvalue weighted by Gasteiger charge is -2.04. The first-order valence-electron chi connectivity index (χ1n) is 5.01. The molecule has 0 fully saturated rings. The van der Waals surface area contributed by atoms with E-state index >= 15 is 0 Å². The van der Waals surface area contributed by atoms with Crippen LogP contribution in [0, 0.1) is 0 Å². The molecule has 0 saturated carbocycles. The molecular weight excluding hydrogens is 279 g/mol. The smallest absolute Gasteiger partial charge is 0.252 e. The van der Waals surface area contributed by atoms with Crippen LogP contribution in [0.25, 0.3) is 0 Å². The molecule has 6 nitrogen and oxygen atoms in total. The summed E-state index contributed by atoms with van der Waals surface area (Å²) in [7, 11) is 0. The first kappa shape index (κ1) is 12.8. The molecule has 0 spiro atoms. The van der Waals surface area contributed by atoms with E-state index in [2.05, 4.69) is 25.0 Å². The van der Waals surface area contributed by atoms with Gasteiger partial charge in [0.2, 0.25) is 6.39 Å². The maximum atomic E-state index is 11.7. The molecule has 0 aliphatic carbocycles. The fourth-order valence-corrected chi connectivity index (χ4v) is 1.51. The molecule has 2 heterocycles. The second kappa shape index (κ2) is 5.79. The van der Waals surface area contributed by atoms with Crippen LogP contribution in [0.5, 0.6) is 0 Å². The Balaban J connectivity index is 1.89. The van der Waals surface area contributed by atoms with Crippen molar-refractivity contribution in [2.24, 2.45) is 0 Å². The minimum Gasteiger partial charge on any atom is -0.352 e. The average molecular weight is 287 g/mol. The Hall–Kier alpha value is -1.66. The Kier molecular flexibility index (Phi) is 4.11. The predicted molar refractivity (Wildman–Crippen MR) is 64.6 cm³/mol. The van der Waals surface area contributed by atoms with E-state index in [-0.39, 0.29) is 16.1 Å². The van der Waals surface area contributed by atoms with Crippen LogP contribution in [0.15, 0.2) is 23.2 Å². The van der Waals surface area contributed by atoms with E-state index in [1.54, 1.807) is 0 Å². The molecule has 1 N–H and O–H groups in total. The van der Waals surface area contributed by atoms with Gasteiger partial charge in [-0.1, -0.05) is 28.4 Å². The van der Waals surface area contributed by atoms with Crippen molar-refractivity contribution in [2.75, 3.05) is 6.54 Å². The molecule has 0 bridgehead atoms. The number of nitrogens with one attached hydrogen (secondary N) is 1. The molecule has 2 rings (SSSR count). The minimum atomic E-state index is -0.287. The van der Waals surface area contributed by atoms with E-state index in [0.717, 1.165) is 0 Å². The van der Waals surface area contributed by atoms with Gasteiger partial charge in [-0.25, -0.2) is 4.98 Å². The number of pyridine rings is 1. The van der Waals surface area contributed by atoms with Crippen LogP contribution >= 0.6 is 23.2 Å². The summed E-state index contributed by atoms with van der Waals surface area (Å²) in [6.45, 7) is 0.388. The molecule has 18 heavy (non-hydrogen) atoms. The molecule has 0 radical (unpaired) electrons. The normalized spacial score (nSPS) is 10.3. The summed E-state index contributed by atoms with van der Waals surface area (Å²) in [6.07, 6.45) is 3.08. The van der Waals surface area contributed by atoms with Crippen LogP contribution < -0.4 is 5.32 Å². The zero-order chi connectivity index (χ0) is 13.0. The zero-order valence-electron chi connectivity index (χ0n) is 9.06. The highest BCUT2D eigenvalue weighted by atomic mass is 35.5. The van der Waals surface area contributed by atoms with Gasteiger partial charge in [-0.05, 0) is 6.07 Å². The largest absolute Gasteiger partial charge is 0.352 e. The Morgan fingerprint density at radius 3 is 2.89 bits per heavy atom. The zero-order valence-corrected chi connectivity index (χ0v) is 10.6. The van der Waals surface area contributed by atoms with E-state index in [1.165, 1.54) is 18.7 Å². The third kappa shape index (κ3) is 3.18. The van der Waals surface area contributed by atoms with E-state index < -0.39 is 0 Å². The van der Waals surface area contributed by atoms with Gasteiger partial charge in [-0.2, -0.15) is 4.98 Å². The number of nitrogens with zero attached hydrogens (tertiary/aromatic N) is 3. The Morgan fingerprint density at radius 1 is 1.39 bits per heavy atom. The molecule has 1 amide bonds. The number of carbonyl (C=O) groups is 1. The summed E-state index contributed by atoms with van der Waals surface area (Å²) in [4.78, 5) is 19.3. The highest BCUT2D eigenvalue weighted by molar-refractivity contribution is 6.41. The van der Waals surface area contributed by atoms with Gasteiger partial charge in [-0.15, -0.1) is 0 Å². The van der Waals surface area contributed by atoms with Crippen molar-refractivity contribution < 1.29 is 9.32 Å². The number of carbonyl (C=O) groups excluding carboxylic acids is 1.